The van der Waals surface area contributed by atoms with Gasteiger partial charge in [-0.1, -0.05) is 22.0 Å². The Bertz CT molecular complexity index is 494. The van der Waals surface area contributed by atoms with Crippen molar-refractivity contribution in [3.63, 3.8) is 0 Å². The molecule has 17 heavy (non-hydrogen) atoms. The number of amides is 1. The molecule has 88 valence electrons. The molecule has 2 rings (SSSR count). The van der Waals surface area contributed by atoms with Crippen molar-refractivity contribution in [3.8, 4) is 0 Å². The number of rotatable bonds is 2. The third-order valence-electron chi connectivity index (χ3n) is 2.36. The van der Waals surface area contributed by atoms with E-state index in [1.165, 1.54) is 18.3 Å². The molecule has 0 atom stereocenters. The van der Waals surface area contributed by atoms with Crippen molar-refractivity contribution in [1.82, 2.24) is 10.3 Å². The minimum Gasteiger partial charge on any atom is -0.326 e. The van der Waals surface area contributed by atoms with Crippen LogP contribution in [0.1, 0.15) is 23.2 Å². The molecule has 0 bridgehead atoms. The lowest BCUT2D eigenvalue weighted by atomic mass is 10.1. The Labute approximate surface area is 107 Å². The van der Waals surface area contributed by atoms with Gasteiger partial charge in [-0.2, -0.15) is 4.39 Å². The van der Waals surface area contributed by atoms with E-state index in [1.807, 2.05) is 12.2 Å². The molecule has 0 spiro atoms. The summed E-state index contributed by atoms with van der Waals surface area (Å²) in [5.41, 5.74) is 1.20. The second-order valence-electron chi connectivity index (χ2n) is 3.63. The van der Waals surface area contributed by atoms with Gasteiger partial charge in [0, 0.05) is 11.9 Å². The molecule has 1 heterocycles. The van der Waals surface area contributed by atoms with Crippen LogP contribution in [-0.4, -0.2) is 10.9 Å². The van der Waals surface area contributed by atoms with Crippen LogP contribution < -0.4 is 5.32 Å². The van der Waals surface area contributed by atoms with E-state index >= 15 is 0 Å². The normalized spacial score (nSPS) is 14.9. The van der Waals surface area contributed by atoms with E-state index in [-0.39, 0.29) is 5.91 Å². The molecule has 0 aliphatic heterocycles. The second-order valence-corrected chi connectivity index (χ2v) is 4.65. The van der Waals surface area contributed by atoms with E-state index in [0.29, 0.717) is 5.56 Å². The largest absolute Gasteiger partial charge is 0.326 e. The maximum Gasteiger partial charge on any atom is 0.256 e. The van der Waals surface area contributed by atoms with Gasteiger partial charge in [0.1, 0.15) is 0 Å². The second kappa shape index (κ2) is 5.23. The highest BCUT2D eigenvalue weighted by Crippen LogP contribution is 2.21. The van der Waals surface area contributed by atoms with Crippen molar-refractivity contribution in [2.75, 3.05) is 0 Å². The Hall–Kier alpha value is -1.49. The van der Waals surface area contributed by atoms with E-state index in [2.05, 4.69) is 26.2 Å². The molecule has 5 heteroatoms. The monoisotopic (exact) mass is 296 g/mol. The van der Waals surface area contributed by atoms with Crippen molar-refractivity contribution in [3.05, 3.63) is 52.2 Å². The zero-order valence-electron chi connectivity index (χ0n) is 8.91. The molecule has 1 amide bonds. The van der Waals surface area contributed by atoms with Crippen LogP contribution in [0.5, 0.6) is 0 Å². The van der Waals surface area contributed by atoms with Crippen LogP contribution in [0.4, 0.5) is 4.39 Å². The standard InChI is InChI=1S/C12H10BrFN2O/c13-9-2-4-10(5-3-9)16-12(17)8-1-6-11(14)15-7-8/h1-2,4,6-7H,3,5H2,(H,16,17). The third kappa shape index (κ3) is 3.23. The van der Waals surface area contributed by atoms with Gasteiger partial charge in [0.15, 0.2) is 0 Å². The first-order valence-corrected chi connectivity index (χ1v) is 5.92. The molecule has 0 saturated heterocycles. The Morgan fingerprint density at radius 2 is 2.18 bits per heavy atom. The van der Waals surface area contributed by atoms with E-state index < -0.39 is 5.95 Å². The average Bonchev–Trinajstić information content (AvgIpc) is 2.33. The van der Waals surface area contributed by atoms with E-state index in [0.717, 1.165) is 23.0 Å². The summed E-state index contributed by atoms with van der Waals surface area (Å²) in [5, 5.41) is 2.77. The summed E-state index contributed by atoms with van der Waals surface area (Å²) < 4.78 is 13.7. The molecule has 1 N–H and O–H groups in total. The van der Waals surface area contributed by atoms with Gasteiger partial charge in [0.2, 0.25) is 5.95 Å². The van der Waals surface area contributed by atoms with Gasteiger partial charge in [-0.25, -0.2) is 4.98 Å². The third-order valence-corrected chi connectivity index (χ3v) is 3.02. The molecule has 1 aliphatic rings. The van der Waals surface area contributed by atoms with Crippen molar-refractivity contribution < 1.29 is 9.18 Å². The van der Waals surface area contributed by atoms with Crippen LogP contribution >= 0.6 is 15.9 Å². The first kappa shape index (κ1) is 12.0. The summed E-state index contributed by atoms with van der Waals surface area (Å²) in [5.74, 6) is -0.861. The number of nitrogens with one attached hydrogen (secondary N) is 1. The van der Waals surface area contributed by atoms with Crippen LogP contribution in [0.15, 0.2) is 40.7 Å². The molecule has 0 saturated carbocycles. The maximum atomic E-state index is 12.6. The van der Waals surface area contributed by atoms with Crippen LogP contribution in [0.25, 0.3) is 0 Å². The predicted molar refractivity (Wildman–Crippen MR) is 66.0 cm³/mol. The van der Waals surface area contributed by atoms with Crippen LogP contribution in [0.2, 0.25) is 0 Å². The minimum atomic E-state index is -0.592. The number of carbonyl (C=O) groups is 1. The van der Waals surface area contributed by atoms with Gasteiger partial charge in [0.05, 0.1) is 5.56 Å². The summed E-state index contributed by atoms with van der Waals surface area (Å²) >= 11 is 3.39. The molecular formula is C12H10BrFN2O. The number of halogens is 2. The lowest BCUT2D eigenvalue weighted by Gasteiger charge is -2.12. The number of hydrogen-bond acceptors (Lipinski definition) is 2. The molecule has 0 aromatic carbocycles. The highest BCUT2D eigenvalue weighted by molar-refractivity contribution is 9.11. The Kier molecular flexibility index (Phi) is 3.68. The molecule has 0 radical (unpaired) electrons. The quantitative estimate of drug-likeness (QED) is 0.853. The molecule has 1 aromatic rings. The molecule has 0 fully saturated rings. The van der Waals surface area contributed by atoms with Crippen molar-refractivity contribution in [1.29, 1.82) is 0 Å². The highest BCUT2D eigenvalue weighted by Gasteiger charge is 2.10. The predicted octanol–water partition coefficient (Wildman–Crippen LogP) is 2.91. The maximum absolute atomic E-state index is 12.6. The summed E-state index contributed by atoms with van der Waals surface area (Å²) in [4.78, 5) is 15.2. The van der Waals surface area contributed by atoms with Gasteiger partial charge in [-0.15, -0.1) is 0 Å². The Balaban J connectivity index is 2.05. The van der Waals surface area contributed by atoms with Crippen molar-refractivity contribution in [2.45, 2.75) is 12.8 Å². The fraction of sp³-hybridized carbons (Fsp3) is 0.167. The number of aromatic nitrogens is 1. The van der Waals surface area contributed by atoms with Crippen LogP contribution in [-0.2, 0) is 0 Å². The molecule has 3 nitrogen and oxygen atoms in total. The Morgan fingerprint density at radius 3 is 2.76 bits per heavy atom. The zero-order valence-corrected chi connectivity index (χ0v) is 10.5. The van der Waals surface area contributed by atoms with Gasteiger partial charge < -0.3 is 5.32 Å². The zero-order chi connectivity index (χ0) is 12.3. The van der Waals surface area contributed by atoms with E-state index in [9.17, 15) is 9.18 Å². The minimum absolute atomic E-state index is 0.268. The summed E-state index contributed by atoms with van der Waals surface area (Å²) in [7, 11) is 0. The SMILES string of the molecule is O=C(NC1=CC=C(Br)CC1)c1ccc(F)nc1. The number of hydrogen-bond donors (Lipinski definition) is 1. The fourth-order valence-corrected chi connectivity index (χ4v) is 1.77. The molecule has 1 aromatic heterocycles. The first-order chi connectivity index (χ1) is 8.15. The van der Waals surface area contributed by atoms with Crippen molar-refractivity contribution >= 4 is 21.8 Å². The smallest absolute Gasteiger partial charge is 0.256 e. The lowest BCUT2D eigenvalue weighted by Crippen LogP contribution is -2.23. The lowest BCUT2D eigenvalue weighted by molar-refractivity contribution is 0.0964. The number of pyridine rings is 1. The van der Waals surface area contributed by atoms with Gasteiger partial charge in [0.25, 0.3) is 5.91 Å². The number of carbonyl (C=O) groups excluding carboxylic acids is 1. The number of nitrogens with zero attached hydrogens (tertiary/aromatic N) is 1. The summed E-state index contributed by atoms with van der Waals surface area (Å²) in [6.45, 7) is 0. The number of allylic oxidation sites excluding steroid dienone is 4. The topological polar surface area (TPSA) is 42.0 Å². The molecule has 0 unspecified atom stereocenters. The first-order valence-electron chi connectivity index (χ1n) is 5.13. The molecule has 1 aliphatic carbocycles. The van der Waals surface area contributed by atoms with Gasteiger partial charge in [-0.05, 0) is 35.5 Å². The van der Waals surface area contributed by atoms with E-state index in [1.54, 1.807) is 0 Å². The fourth-order valence-electron chi connectivity index (χ4n) is 1.44. The van der Waals surface area contributed by atoms with E-state index in [4.69, 9.17) is 0 Å². The summed E-state index contributed by atoms with van der Waals surface area (Å²) in [6, 6.07) is 2.58. The van der Waals surface area contributed by atoms with Crippen LogP contribution in [0.3, 0.4) is 0 Å². The molecular weight excluding hydrogens is 287 g/mol. The van der Waals surface area contributed by atoms with Crippen LogP contribution in [0, 0.1) is 5.95 Å². The average molecular weight is 297 g/mol. The highest BCUT2D eigenvalue weighted by atomic mass is 79.9. The summed E-state index contributed by atoms with van der Waals surface area (Å²) in [6.07, 6.45) is 6.62. The van der Waals surface area contributed by atoms with Gasteiger partial charge in [-0.3, -0.25) is 4.79 Å². The Morgan fingerprint density at radius 1 is 1.35 bits per heavy atom. The van der Waals surface area contributed by atoms with Gasteiger partial charge >= 0.3 is 0 Å². The van der Waals surface area contributed by atoms with Crippen molar-refractivity contribution in [2.24, 2.45) is 0 Å².